The Morgan fingerprint density at radius 3 is 2.59 bits per heavy atom. The smallest absolute Gasteiger partial charge is 0.223 e. The monoisotopic (exact) mass is 394 g/mol. The first kappa shape index (κ1) is 19.2. The first-order valence-electron chi connectivity index (χ1n) is 9.86. The Hall–Kier alpha value is -3.15. The number of hydrogen-bond acceptors (Lipinski definition) is 4. The number of oxazole rings is 1. The molecule has 1 fully saturated rings. The van der Waals surface area contributed by atoms with E-state index in [9.17, 15) is 14.3 Å². The molecule has 150 valence electrons. The standard InChI is InChI=1S/C23H23FN2O3/c24-20-4-2-1-3-19(20)21-15-25-22(29-21)9-10-23(28)26-13-11-17(12-14-26)16-5-7-18(27)8-6-16/h1-8,15,17,27H,9-14H2. The third-order valence-corrected chi connectivity index (χ3v) is 5.46. The molecule has 3 aromatic rings. The first-order valence-corrected chi connectivity index (χ1v) is 9.86. The largest absolute Gasteiger partial charge is 0.508 e. The van der Waals surface area contributed by atoms with E-state index < -0.39 is 0 Å². The lowest BCUT2D eigenvalue weighted by Crippen LogP contribution is -2.38. The van der Waals surface area contributed by atoms with Crippen LogP contribution in [0.5, 0.6) is 5.75 Å². The number of carbonyl (C=O) groups is 1. The highest BCUT2D eigenvalue weighted by Crippen LogP contribution is 2.29. The summed E-state index contributed by atoms with van der Waals surface area (Å²) in [5.41, 5.74) is 1.57. The van der Waals surface area contributed by atoms with Gasteiger partial charge in [-0.05, 0) is 48.6 Å². The summed E-state index contributed by atoms with van der Waals surface area (Å²) in [5.74, 6) is 1.22. The fourth-order valence-electron chi connectivity index (χ4n) is 3.79. The molecule has 5 nitrogen and oxygen atoms in total. The average Bonchev–Trinajstić information content (AvgIpc) is 3.22. The fourth-order valence-corrected chi connectivity index (χ4v) is 3.79. The van der Waals surface area contributed by atoms with Gasteiger partial charge >= 0.3 is 0 Å². The van der Waals surface area contributed by atoms with Gasteiger partial charge in [-0.2, -0.15) is 0 Å². The molecular weight excluding hydrogens is 371 g/mol. The molecule has 29 heavy (non-hydrogen) atoms. The summed E-state index contributed by atoms with van der Waals surface area (Å²) in [6, 6.07) is 13.7. The molecule has 2 heterocycles. The van der Waals surface area contributed by atoms with Crippen molar-refractivity contribution in [3.8, 4) is 17.1 Å². The van der Waals surface area contributed by atoms with E-state index in [1.165, 1.54) is 17.8 Å². The third-order valence-electron chi connectivity index (χ3n) is 5.46. The minimum absolute atomic E-state index is 0.0831. The number of amides is 1. The van der Waals surface area contributed by atoms with E-state index >= 15 is 0 Å². The molecular formula is C23H23FN2O3. The Kier molecular flexibility index (Phi) is 5.60. The van der Waals surface area contributed by atoms with Gasteiger partial charge in [0, 0.05) is 25.9 Å². The van der Waals surface area contributed by atoms with Crippen LogP contribution >= 0.6 is 0 Å². The van der Waals surface area contributed by atoms with Crippen molar-refractivity contribution in [3.63, 3.8) is 0 Å². The molecule has 6 heteroatoms. The number of hydrogen-bond donors (Lipinski definition) is 1. The van der Waals surface area contributed by atoms with Crippen molar-refractivity contribution >= 4 is 5.91 Å². The third kappa shape index (κ3) is 4.47. The Morgan fingerprint density at radius 1 is 1.14 bits per heavy atom. The second-order valence-electron chi connectivity index (χ2n) is 7.34. The van der Waals surface area contributed by atoms with Gasteiger partial charge in [0.25, 0.3) is 0 Å². The number of nitrogens with zero attached hydrogens (tertiary/aromatic N) is 2. The van der Waals surface area contributed by atoms with Crippen molar-refractivity contribution < 1.29 is 18.7 Å². The summed E-state index contributed by atoms with van der Waals surface area (Å²) >= 11 is 0. The minimum Gasteiger partial charge on any atom is -0.508 e. The molecule has 0 spiro atoms. The normalized spacial score (nSPS) is 14.9. The quantitative estimate of drug-likeness (QED) is 0.691. The maximum Gasteiger partial charge on any atom is 0.223 e. The summed E-state index contributed by atoms with van der Waals surface area (Å²) in [5, 5.41) is 9.42. The van der Waals surface area contributed by atoms with Crippen LogP contribution in [0, 0.1) is 5.82 Å². The van der Waals surface area contributed by atoms with Crippen LogP contribution in [0.25, 0.3) is 11.3 Å². The number of phenolic OH excluding ortho intramolecular Hbond substituents is 1. The van der Waals surface area contributed by atoms with Gasteiger partial charge in [-0.15, -0.1) is 0 Å². The molecule has 0 unspecified atom stereocenters. The van der Waals surface area contributed by atoms with Crippen molar-refractivity contribution in [3.05, 3.63) is 72.0 Å². The number of aryl methyl sites for hydroxylation is 1. The van der Waals surface area contributed by atoms with E-state index in [0.717, 1.165) is 25.9 Å². The van der Waals surface area contributed by atoms with Crippen molar-refractivity contribution in [2.24, 2.45) is 0 Å². The summed E-state index contributed by atoms with van der Waals surface area (Å²) < 4.78 is 19.5. The van der Waals surface area contributed by atoms with Gasteiger partial charge in [-0.25, -0.2) is 9.37 Å². The van der Waals surface area contributed by atoms with E-state index in [1.807, 2.05) is 17.0 Å². The van der Waals surface area contributed by atoms with Gasteiger partial charge in [-0.1, -0.05) is 24.3 Å². The van der Waals surface area contributed by atoms with Gasteiger partial charge in [0.05, 0.1) is 11.8 Å². The summed E-state index contributed by atoms with van der Waals surface area (Å²) in [6.45, 7) is 1.44. The van der Waals surface area contributed by atoms with Crippen LogP contribution in [-0.2, 0) is 11.2 Å². The number of rotatable bonds is 5. The highest BCUT2D eigenvalue weighted by atomic mass is 19.1. The van der Waals surface area contributed by atoms with E-state index in [-0.39, 0.29) is 17.5 Å². The van der Waals surface area contributed by atoms with Crippen LogP contribution in [0.1, 0.15) is 36.6 Å². The number of aromatic nitrogens is 1. The number of carbonyl (C=O) groups excluding carboxylic acids is 1. The highest BCUT2D eigenvalue weighted by molar-refractivity contribution is 5.76. The molecule has 1 aliphatic rings. The molecule has 1 aromatic heterocycles. The Morgan fingerprint density at radius 2 is 1.86 bits per heavy atom. The zero-order valence-corrected chi connectivity index (χ0v) is 16.1. The molecule has 1 aliphatic heterocycles. The molecule has 0 aliphatic carbocycles. The molecule has 0 bridgehead atoms. The summed E-state index contributed by atoms with van der Waals surface area (Å²) in [7, 11) is 0. The van der Waals surface area contributed by atoms with Crippen molar-refractivity contribution in [1.82, 2.24) is 9.88 Å². The molecule has 0 atom stereocenters. The Balaban J connectivity index is 1.29. The lowest BCUT2D eigenvalue weighted by Gasteiger charge is -2.32. The van der Waals surface area contributed by atoms with Crippen molar-refractivity contribution in [1.29, 1.82) is 0 Å². The Labute approximate surface area is 168 Å². The SMILES string of the molecule is O=C(CCc1ncc(-c2ccccc2F)o1)N1CCC(c2ccc(O)cc2)CC1. The van der Waals surface area contributed by atoms with Gasteiger partial charge in [0.15, 0.2) is 11.7 Å². The average molecular weight is 394 g/mol. The predicted molar refractivity (Wildman–Crippen MR) is 107 cm³/mol. The van der Waals surface area contributed by atoms with E-state index in [0.29, 0.717) is 36.0 Å². The lowest BCUT2D eigenvalue weighted by atomic mass is 9.89. The van der Waals surface area contributed by atoms with Crippen LogP contribution in [0.4, 0.5) is 4.39 Å². The fraction of sp³-hybridized carbons (Fsp3) is 0.304. The molecule has 2 aromatic carbocycles. The van der Waals surface area contributed by atoms with Crippen molar-refractivity contribution in [2.45, 2.75) is 31.6 Å². The van der Waals surface area contributed by atoms with E-state index in [4.69, 9.17) is 4.42 Å². The van der Waals surface area contributed by atoms with Crippen LogP contribution in [0.2, 0.25) is 0 Å². The number of halogens is 1. The molecule has 0 saturated carbocycles. The maximum atomic E-state index is 13.9. The predicted octanol–water partition coefficient (Wildman–Crippen LogP) is 4.53. The second-order valence-corrected chi connectivity index (χ2v) is 7.34. The van der Waals surface area contributed by atoms with Gasteiger partial charge in [0.2, 0.25) is 5.91 Å². The van der Waals surface area contributed by atoms with Gasteiger partial charge in [0.1, 0.15) is 11.6 Å². The minimum atomic E-state index is -0.359. The molecule has 1 N–H and O–H groups in total. The lowest BCUT2D eigenvalue weighted by molar-refractivity contribution is -0.132. The van der Waals surface area contributed by atoms with Gasteiger partial charge in [-0.3, -0.25) is 4.79 Å². The van der Waals surface area contributed by atoms with Crippen LogP contribution < -0.4 is 0 Å². The van der Waals surface area contributed by atoms with Gasteiger partial charge < -0.3 is 14.4 Å². The number of benzene rings is 2. The first-order chi connectivity index (χ1) is 14.1. The van der Waals surface area contributed by atoms with Crippen LogP contribution in [0.3, 0.4) is 0 Å². The zero-order valence-electron chi connectivity index (χ0n) is 16.1. The Bertz CT molecular complexity index is 976. The second kappa shape index (κ2) is 8.47. The number of aromatic hydroxyl groups is 1. The molecule has 4 rings (SSSR count). The number of phenols is 1. The number of likely N-dealkylation sites (tertiary alicyclic amines) is 1. The molecule has 1 amide bonds. The zero-order chi connectivity index (χ0) is 20.2. The van der Waals surface area contributed by atoms with E-state index in [1.54, 1.807) is 30.3 Å². The summed E-state index contributed by atoms with van der Waals surface area (Å²) in [6.07, 6.45) is 4.04. The van der Waals surface area contributed by atoms with Crippen molar-refractivity contribution in [2.75, 3.05) is 13.1 Å². The van der Waals surface area contributed by atoms with Crippen LogP contribution in [0.15, 0.2) is 59.1 Å². The number of piperidine rings is 1. The molecule has 0 radical (unpaired) electrons. The highest BCUT2D eigenvalue weighted by Gasteiger charge is 2.24. The van der Waals surface area contributed by atoms with E-state index in [2.05, 4.69) is 4.98 Å². The summed E-state index contributed by atoms with van der Waals surface area (Å²) in [4.78, 5) is 18.6. The maximum absolute atomic E-state index is 13.9. The van der Waals surface area contributed by atoms with Crippen LogP contribution in [-0.4, -0.2) is 34.0 Å². The molecule has 1 saturated heterocycles. The topological polar surface area (TPSA) is 66.6 Å².